The van der Waals surface area contributed by atoms with Crippen molar-refractivity contribution in [2.75, 3.05) is 32.7 Å². The van der Waals surface area contributed by atoms with Crippen molar-refractivity contribution >= 4 is 17.1 Å². The quantitative estimate of drug-likeness (QED) is 0.109. The Kier molecular flexibility index (Phi) is 15.9. The van der Waals surface area contributed by atoms with Crippen molar-refractivity contribution in [1.82, 2.24) is 0 Å². The molecular formula is C41H61NO4. The molecular weight excluding hydrogens is 570 g/mol. The van der Waals surface area contributed by atoms with E-state index in [0.717, 1.165) is 99.9 Å². The van der Waals surface area contributed by atoms with Gasteiger partial charge in [-0.3, -0.25) is 0 Å². The van der Waals surface area contributed by atoms with Crippen molar-refractivity contribution < 1.29 is 18.9 Å². The van der Waals surface area contributed by atoms with E-state index < -0.39 is 0 Å². The van der Waals surface area contributed by atoms with Crippen LogP contribution in [0.3, 0.4) is 0 Å². The lowest BCUT2D eigenvalue weighted by Gasteiger charge is -2.34. The largest absolute Gasteiger partial charge is 0.465 e. The molecule has 0 spiro atoms. The Labute approximate surface area is 280 Å². The number of ether oxygens (including phenoxy) is 4. The summed E-state index contributed by atoms with van der Waals surface area (Å²) in [6, 6.07) is 14.1. The number of aryl methyl sites for hydroxylation is 7. The molecule has 3 rings (SSSR count). The van der Waals surface area contributed by atoms with E-state index in [1.165, 1.54) is 44.6 Å². The first kappa shape index (κ1) is 37.4. The predicted octanol–water partition coefficient (Wildman–Crippen LogP) is 11.4. The van der Waals surface area contributed by atoms with Crippen molar-refractivity contribution in [3.8, 4) is 11.5 Å². The Balaban J connectivity index is 2.54. The fourth-order valence-electron chi connectivity index (χ4n) is 6.43. The van der Waals surface area contributed by atoms with E-state index in [0.29, 0.717) is 0 Å². The maximum Gasteiger partial charge on any atom is 0.188 e. The highest BCUT2D eigenvalue weighted by molar-refractivity contribution is 5.88. The zero-order chi connectivity index (χ0) is 33.5. The Hall–Kier alpha value is -3.02. The number of hydrogen-bond acceptors (Lipinski definition) is 5. The first-order chi connectivity index (χ1) is 22.3. The Morgan fingerprint density at radius 3 is 1.28 bits per heavy atom. The van der Waals surface area contributed by atoms with Crippen LogP contribution in [0.15, 0.2) is 36.4 Å². The molecule has 0 N–H and O–H groups in total. The van der Waals surface area contributed by atoms with Crippen LogP contribution < -0.4 is 14.4 Å². The summed E-state index contributed by atoms with van der Waals surface area (Å²) in [6.07, 6.45) is 13.0. The number of benzene rings is 3. The molecule has 0 aliphatic heterocycles. The van der Waals surface area contributed by atoms with Gasteiger partial charge >= 0.3 is 0 Å². The molecule has 0 radical (unpaired) electrons. The van der Waals surface area contributed by atoms with Gasteiger partial charge in [0.25, 0.3) is 0 Å². The van der Waals surface area contributed by atoms with Crippen molar-refractivity contribution in [3.63, 3.8) is 0 Å². The average Bonchev–Trinajstić information content (AvgIpc) is 3.04. The van der Waals surface area contributed by atoms with Gasteiger partial charge in [-0.25, -0.2) is 0 Å². The van der Waals surface area contributed by atoms with Crippen LogP contribution in [0.1, 0.15) is 118 Å². The summed E-state index contributed by atoms with van der Waals surface area (Å²) in [5.74, 6) is 1.78. The second-order valence-corrected chi connectivity index (χ2v) is 12.8. The molecule has 0 bridgehead atoms. The van der Waals surface area contributed by atoms with Crippen molar-refractivity contribution in [2.24, 2.45) is 0 Å². The maximum atomic E-state index is 6.58. The third-order valence-corrected chi connectivity index (χ3v) is 8.63. The van der Waals surface area contributed by atoms with E-state index in [2.05, 4.69) is 89.8 Å². The van der Waals surface area contributed by atoms with Crippen LogP contribution >= 0.6 is 0 Å². The SMILES string of the molecule is CCCCc1cc(CCCC)c(OCOC)c(N(c2cc(CCCC)cc(CCCC)c2OCOC)c2c(C)cc(C)cc2C)c1. The Morgan fingerprint density at radius 1 is 0.522 bits per heavy atom. The van der Waals surface area contributed by atoms with Crippen LogP contribution in [-0.4, -0.2) is 27.8 Å². The van der Waals surface area contributed by atoms with E-state index in [1.54, 1.807) is 14.2 Å². The lowest BCUT2D eigenvalue weighted by molar-refractivity contribution is 0.0504. The fourth-order valence-corrected chi connectivity index (χ4v) is 6.43. The van der Waals surface area contributed by atoms with Crippen LogP contribution in [0.4, 0.5) is 17.1 Å². The lowest BCUT2D eigenvalue weighted by atomic mass is 9.95. The zero-order valence-corrected chi connectivity index (χ0v) is 30.4. The second kappa shape index (κ2) is 19.6. The molecule has 0 aliphatic carbocycles. The smallest absolute Gasteiger partial charge is 0.188 e. The van der Waals surface area contributed by atoms with Crippen LogP contribution in [0.5, 0.6) is 11.5 Å². The van der Waals surface area contributed by atoms with Gasteiger partial charge in [-0.05, 0) is 118 Å². The van der Waals surface area contributed by atoms with Crippen molar-refractivity contribution in [2.45, 2.75) is 126 Å². The molecule has 3 aromatic rings. The number of hydrogen-bond donors (Lipinski definition) is 0. The molecule has 0 amide bonds. The summed E-state index contributed by atoms with van der Waals surface area (Å²) in [5, 5.41) is 0. The summed E-state index contributed by atoms with van der Waals surface area (Å²) >= 11 is 0. The maximum absolute atomic E-state index is 6.58. The highest BCUT2D eigenvalue weighted by Crippen LogP contribution is 2.50. The van der Waals surface area contributed by atoms with Gasteiger partial charge in [-0.1, -0.05) is 83.2 Å². The predicted molar refractivity (Wildman–Crippen MR) is 195 cm³/mol. The Morgan fingerprint density at radius 2 is 0.913 bits per heavy atom. The minimum absolute atomic E-state index is 0.186. The van der Waals surface area contributed by atoms with Crippen LogP contribution in [0, 0.1) is 20.8 Å². The summed E-state index contributed by atoms with van der Waals surface area (Å²) in [7, 11) is 3.39. The van der Waals surface area contributed by atoms with Crippen LogP contribution in [-0.2, 0) is 35.2 Å². The van der Waals surface area contributed by atoms with Crippen LogP contribution in [0.25, 0.3) is 0 Å². The molecule has 0 aromatic heterocycles. The molecule has 0 heterocycles. The van der Waals surface area contributed by atoms with E-state index in [4.69, 9.17) is 18.9 Å². The van der Waals surface area contributed by atoms with E-state index in [9.17, 15) is 0 Å². The van der Waals surface area contributed by atoms with Gasteiger partial charge in [0.05, 0.1) is 17.1 Å². The Bertz CT molecular complexity index is 1270. The van der Waals surface area contributed by atoms with E-state index in [-0.39, 0.29) is 13.6 Å². The molecule has 5 heteroatoms. The van der Waals surface area contributed by atoms with Gasteiger partial charge in [-0.2, -0.15) is 0 Å². The molecule has 254 valence electrons. The minimum Gasteiger partial charge on any atom is -0.465 e. The summed E-state index contributed by atoms with van der Waals surface area (Å²) in [4.78, 5) is 2.44. The number of rotatable bonds is 21. The van der Waals surface area contributed by atoms with Gasteiger partial charge in [0.15, 0.2) is 13.6 Å². The number of methoxy groups -OCH3 is 2. The monoisotopic (exact) mass is 631 g/mol. The third-order valence-electron chi connectivity index (χ3n) is 8.63. The first-order valence-electron chi connectivity index (χ1n) is 17.8. The summed E-state index contributed by atoms with van der Waals surface area (Å²) < 4.78 is 24.2. The lowest BCUT2D eigenvalue weighted by Crippen LogP contribution is -2.19. The standard InChI is InChI=1S/C41H61NO4/c1-10-14-18-33-24-35(20-16-12-3)40(45-28-43-8)37(26-33)42(39-31(6)22-30(5)23-32(39)7)38-27-34(19-15-11-2)25-36(21-17-13-4)41(38)46-29-44-9/h22-27H,10-21,28-29H2,1-9H3. The van der Waals surface area contributed by atoms with E-state index in [1.807, 2.05) is 0 Å². The molecule has 0 aliphatic rings. The molecule has 0 fully saturated rings. The normalized spacial score (nSPS) is 11.2. The molecule has 5 nitrogen and oxygen atoms in total. The molecule has 3 aromatic carbocycles. The van der Waals surface area contributed by atoms with Crippen molar-refractivity contribution in [1.29, 1.82) is 0 Å². The molecule has 0 unspecified atom stereocenters. The van der Waals surface area contributed by atoms with Crippen LogP contribution in [0.2, 0.25) is 0 Å². The minimum atomic E-state index is 0.186. The van der Waals surface area contributed by atoms with Gasteiger partial charge < -0.3 is 23.8 Å². The topological polar surface area (TPSA) is 40.2 Å². The average molecular weight is 632 g/mol. The molecule has 46 heavy (non-hydrogen) atoms. The third kappa shape index (κ3) is 9.99. The first-order valence-corrected chi connectivity index (χ1v) is 17.8. The fraction of sp³-hybridized carbons (Fsp3) is 0.561. The highest BCUT2D eigenvalue weighted by atomic mass is 16.7. The number of anilines is 3. The van der Waals surface area contributed by atoms with Gasteiger partial charge in [0, 0.05) is 14.2 Å². The van der Waals surface area contributed by atoms with Gasteiger partial charge in [0.2, 0.25) is 0 Å². The van der Waals surface area contributed by atoms with Gasteiger partial charge in [0.1, 0.15) is 11.5 Å². The second-order valence-electron chi connectivity index (χ2n) is 12.8. The summed E-state index contributed by atoms with van der Waals surface area (Å²) in [5.41, 5.74) is 12.1. The summed E-state index contributed by atoms with van der Waals surface area (Å²) in [6.45, 7) is 16.0. The van der Waals surface area contributed by atoms with Crippen molar-refractivity contribution in [3.05, 3.63) is 75.3 Å². The molecule has 0 atom stereocenters. The zero-order valence-electron chi connectivity index (χ0n) is 30.4. The van der Waals surface area contributed by atoms with Gasteiger partial charge in [-0.15, -0.1) is 0 Å². The number of nitrogens with zero attached hydrogens (tertiary/aromatic N) is 1. The molecule has 0 saturated heterocycles. The molecule has 0 saturated carbocycles. The van der Waals surface area contributed by atoms with E-state index >= 15 is 0 Å². The highest BCUT2D eigenvalue weighted by Gasteiger charge is 2.28. The number of unbranched alkanes of at least 4 members (excludes halogenated alkanes) is 4.